The number of hydrogen-bond acceptors (Lipinski definition) is 7. The Bertz CT molecular complexity index is 1220. The van der Waals surface area contributed by atoms with Gasteiger partial charge in [0, 0.05) is 5.56 Å². The van der Waals surface area contributed by atoms with E-state index < -0.39 is 36.1 Å². The number of aryl methyl sites for hydroxylation is 1. The molecule has 1 spiro atoms. The number of carbonyl (C=O) groups is 3. The number of ether oxygens (including phenoxy) is 1. The maximum Gasteiger partial charge on any atom is 0.327 e. The van der Waals surface area contributed by atoms with Gasteiger partial charge in [-0.05, 0) is 49.4 Å². The van der Waals surface area contributed by atoms with Crippen molar-refractivity contribution >= 4 is 17.9 Å². The summed E-state index contributed by atoms with van der Waals surface area (Å²) in [6, 6.07) is 16.2. The van der Waals surface area contributed by atoms with E-state index in [1.807, 2.05) is 54.6 Å². The normalized spacial score (nSPS) is 20.5. The average Bonchev–Trinajstić information content (AvgIpc) is 3.41. The van der Waals surface area contributed by atoms with Gasteiger partial charge in [0.1, 0.15) is 12.1 Å². The summed E-state index contributed by atoms with van der Waals surface area (Å²) in [5.41, 5.74) is 1.43. The summed E-state index contributed by atoms with van der Waals surface area (Å²) < 4.78 is 11.0. The third kappa shape index (κ3) is 3.65. The molecule has 5 rings (SSSR count). The monoisotopic (exact) mass is 446 g/mol. The zero-order valence-corrected chi connectivity index (χ0v) is 18.0. The summed E-state index contributed by atoms with van der Waals surface area (Å²) in [5.74, 6) is -0.752. The molecule has 2 aliphatic rings. The van der Waals surface area contributed by atoms with Crippen LogP contribution in [0.5, 0.6) is 0 Å². The van der Waals surface area contributed by atoms with E-state index in [4.69, 9.17) is 9.15 Å². The van der Waals surface area contributed by atoms with Gasteiger partial charge in [-0.25, -0.2) is 4.79 Å². The lowest BCUT2D eigenvalue weighted by atomic mass is 9.76. The minimum absolute atomic E-state index is 0.122. The van der Waals surface area contributed by atoms with Gasteiger partial charge in [-0.1, -0.05) is 42.5 Å². The van der Waals surface area contributed by atoms with E-state index in [2.05, 4.69) is 15.5 Å². The highest BCUT2D eigenvalue weighted by Gasteiger charge is 2.54. The van der Waals surface area contributed by atoms with Gasteiger partial charge < -0.3 is 14.5 Å². The minimum Gasteiger partial charge on any atom is -0.451 e. The Morgan fingerprint density at radius 2 is 1.91 bits per heavy atom. The Kier molecular flexibility index (Phi) is 5.16. The molecule has 1 aromatic heterocycles. The molecule has 0 radical (unpaired) electrons. The summed E-state index contributed by atoms with van der Waals surface area (Å²) >= 11 is 0. The SMILES string of the molecule is C[C@H](OC(=O)CN1C(=O)N[C@@]2(CCCc3ccccc32)C1=O)c1nnc(-c2ccccc2)o1. The predicted molar refractivity (Wildman–Crippen MR) is 116 cm³/mol. The minimum atomic E-state index is -1.13. The van der Waals surface area contributed by atoms with Crippen molar-refractivity contribution in [2.24, 2.45) is 0 Å². The summed E-state index contributed by atoms with van der Waals surface area (Å²) in [6.07, 6.45) is 1.25. The molecule has 2 atom stereocenters. The van der Waals surface area contributed by atoms with Crippen LogP contribution < -0.4 is 5.32 Å². The van der Waals surface area contributed by atoms with Gasteiger partial charge >= 0.3 is 12.0 Å². The van der Waals surface area contributed by atoms with E-state index in [-0.39, 0.29) is 5.89 Å². The van der Waals surface area contributed by atoms with Crippen LogP contribution in [0.1, 0.15) is 42.9 Å². The number of aromatic nitrogens is 2. The van der Waals surface area contributed by atoms with Crippen LogP contribution in [0.15, 0.2) is 59.0 Å². The fraction of sp³-hybridized carbons (Fsp3) is 0.292. The number of imide groups is 1. The molecule has 1 N–H and O–H groups in total. The first kappa shape index (κ1) is 20.9. The van der Waals surface area contributed by atoms with E-state index in [0.29, 0.717) is 12.3 Å². The number of urea groups is 1. The van der Waals surface area contributed by atoms with E-state index in [1.165, 1.54) is 0 Å². The highest BCUT2D eigenvalue weighted by Crippen LogP contribution is 2.39. The fourth-order valence-electron chi connectivity index (χ4n) is 4.47. The first-order valence-corrected chi connectivity index (χ1v) is 10.8. The Hall–Kier alpha value is -4.01. The lowest BCUT2D eigenvalue weighted by Gasteiger charge is -2.33. The van der Waals surface area contributed by atoms with Gasteiger partial charge in [-0.3, -0.25) is 14.5 Å². The van der Waals surface area contributed by atoms with Crippen molar-refractivity contribution in [3.8, 4) is 11.5 Å². The molecule has 0 unspecified atom stereocenters. The average molecular weight is 446 g/mol. The molecule has 9 heteroatoms. The molecule has 3 aromatic rings. The number of rotatable bonds is 5. The topological polar surface area (TPSA) is 115 Å². The molecule has 3 amide bonds. The van der Waals surface area contributed by atoms with Crippen molar-refractivity contribution in [1.29, 1.82) is 0 Å². The van der Waals surface area contributed by atoms with Crippen LogP contribution in [0, 0.1) is 0 Å². The van der Waals surface area contributed by atoms with E-state index in [9.17, 15) is 14.4 Å². The van der Waals surface area contributed by atoms with Crippen LogP contribution in [0.25, 0.3) is 11.5 Å². The zero-order valence-electron chi connectivity index (χ0n) is 18.0. The second kappa shape index (κ2) is 8.16. The molecular formula is C24H22N4O5. The molecule has 9 nitrogen and oxygen atoms in total. The van der Waals surface area contributed by atoms with Crippen LogP contribution >= 0.6 is 0 Å². The summed E-state index contributed by atoms with van der Waals surface area (Å²) in [7, 11) is 0. The third-order valence-electron chi connectivity index (χ3n) is 6.06. The number of carbonyl (C=O) groups excluding carboxylic acids is 3. The highest BCUT2D eigenvalue weighted by atomic mass is 16.6. The smallest absolute Gasteiger partial charge is 0.327 e. The van der Waals surface area contributed by atoms with Gasteiger partial charge in [0.15, 0.2) is 6.10 Å². The van der Waals surface area contributed by atoms with Crippen molar-refractivity contribution in [2.75, 3.05) is 6.54 Å². The summed E-state index contributed by atoms with van der Waals surface area (Å²) in [6.45, 7) is 1.09. The zero-order chi connectivity index (χ0) is 23.0. The molecule has 0 saturated carbocycles. The van der Waals surface area contributed by atoms with Crippen LogP contribution in [0.2, 0.25) is 0 Å². The van der Waals surface area contributed by atoms with Crippen LogP contribution in [-0.4, -0.2) is 39.5 Å². The van der Waals surface area contributed by atoms with Crippen LogP contribution in [0.3, 0.4) is 0 Å². The van der Waals surface area contributed by atoms with Gasteiger partial charge in [0.2, 0.25) is 5.89 Å². The number of hydrogen-bond donors (Lipinski definition) is 1. The maximum absolute atomic E-state index is 13.3. The van der Waals surface area contributed by atoms with Crippen LogP contribution in [0.4, 0.5) is 4.79 Å². The number of esters is 1. The predicted octanol–water partition coefficient (Wildman–Crippen LogP) is 3.12. The number of amides is 3. The molecule has 2 heterocycles. The molecule has 1 fully saturated rings. The number of nitrogens with one attached hydrogen (secondary N) is 1. The second-order valence-corrected chi connectivity index (χ2v) is 8.18. The lowest BCUT2D eigenvalue weighted by molar-refractivity contribution is -0.153. The molecule has 33 heavy (non-hydrogen) atoms. The standard InChI is InChI=1S/C24H22N4O5/c1-15(20-26-27-21(33-20)17-9-3-2-4-10-17)32-19(29)14-28-22(30)24(25-23(28)31)13-7-11-16-8-5-6-12-18(16)24/h2-6,8-10,12,15H,7,11,13-14H2,1H3,(H,25,31)/t15-,24+/m0/s1. The second-order valence-electron chi connectivity index (χ2n) is 8.18. The van der Waals surface area contributed by atoms with Gasteiger partial charge in [-0.2, -0.15) is 0 Å². The largest absolute Gasteiger partial charge is 0.451 e. The first-order chi connectivity index (χ1) is 16.0. The molecule has 1 aliphatic carbocycles. The van der Waals surface area contributed by atoms with Crippen molar-refractivity contribution in [1.82, 2.24) is 20.4 Å². The van der Waals surface area contributed by atoms with Crippen LogP contribution in [-0.2, 0) is 26.3 Å². The number of fused-ring (bicyclic) bond motifs is 2. The highest BCUT2D eigenvalue weighted by molar-refractivity contribution is 6.09. The van der Waals surface area contributed by atoms with Crippen molar-refractivity contribution in [2.45, 2.75) is 37.8 Å². The molecule has 168 valence electrons. The first-order valence-electron chi connectivity index (χ1n) is 10.8. The maximum atomic E-state index is 13.3. The van der Waals surface area contributed by atoms with E-state index >= 15 is 0 Å². The van der Waals surface area contributed by atoms with Gasteiger partial charge in [0.05, 0.1) is 0 Å². The molecule has 1 saturated heterocycles. The Morgan fingerprint density at radius 3 is 2.73 bits per heavy atom. The van der Waals surface area contributed by atoms with Crippen molar-refractivity contribution < 1.29 is 23.5 Å². The molecule has 2 aromatic carbocycles. The van der Waals surface area contributed by atoms with E-state index in [0.717, 1.165) is 34.4 Å². The van der Waals surface area contributed by atoms with Gasteiger partial charge in [0.25, 0.3) is 11.8 Å². The Labute approximate surface area is 189 Å². The molecule has 1 aliphatic heterocycles. The Morgan fingerprint density at radius 1 is 1.15 bits per heavy atom. The fourth-order valence-corrected chi connectivity index (χ4v) is 4.47. The third-order valence-corrected chi connectivity index (χ3v) is 6.06. The van der Waals surface area contributed by atoms with Gasteiger partial charge in [-0.15, -0.1) is 10.2 Å². The van der Waals surface area contributed by atoms with E-state index in [1.54, 1.807) is 6.92 Å². The molecule has 0 bridgehead atoms. The van der Waals surface area contributed by atoms with Crippen molar-refractivity contribution in [3.63, 3.8) is 0 Å². The molecular weight excluding hydrogens is 424 g/mol. The van der Waals surface area contributed by atoms with Crippen molar-refractivity contribution in [3.05, 3.63) is 71.6 Å². The Balaban J connectivity index is 1.28. The summed E-state index contributed by atoms with van der Waals surface area (Å²) in [4.78, 5) is 39.5. The summed E-state index contributed by atoms with van der Waals surface area (Å²) in [5, 5.41) is 10.8. The number of benzene rings is 2. The number of nitrogens with zero attached hydrogens (tertiary/aromatic N) is 3. The lowest BCUT2D eigenvalue weighted by Crippen LogP contribution is -2.46. The quantitative estimate of drug-likeness (QED) is 0.473.